The quantitative estimate of drug-likeness (QED) is 0.555. The number of carbonyl (C=O) groups excluding carboxylic acids is 3. The van der Waals surface area contributed by atoms with Gasteiger partial charge in [0.1, 0.15) is 5.56 Å². The second-order valence-electron chi connectivity index (χ2n) is 6.72. The van der Waals surface area contributed by atoms with Crippen molar-refractivity contribution in [3.8, 4) is 5.69 Å². The molecule has 0 bridgehead atoms. The normalized spacial score (nSPS) is 14.0. The van der Waals surface area contributed by atoms with Crippen LogP contribution in [-0.2, 0) is 20.5 Å². The molecule has 1 aliphatic heterocycles. The molecular formula is C20H19F3N4O4. The number of anilines is 1. The number of likely N-dealkylation sites (tertiary alicyclic amines) is 1. The molecule has 1 fully saturated rings. The molecule has 31 heavy (non-hydrogen) atoms. The van der Waals surface area contributed by atoms with Crippen molar-refractivity contribution in [2.75, 3.05) is 25.0 Å². The molecule has 164 valence electrons. The van der Waals surface area contributed by atoms with Gasteiger partial charge in [0.2, 0.25) is 11.8 Å². The van der Waals surface area contributed by atoms with Crippen molar-refractivity contribution in [2.45, 2.75) is 13.1 Å². The van der Waals surface area contributed by atoms with Gasteiger partial charge in [-0.25, -0.2) is 9.48 Å². The zero-order valence-corrected chi connectivity index (χ0v) is 16.5. The maximum atomic E-state index is 13.7. The van der Waals surface area contributed by atoms with Crippen molar-refractivity contribution in [2.24, 2.45) is 5.92 Å². The second-order valence-corrected chi connectivity index (χ2v) is 6.72. The molecule has 1 aromatic carbocycles. The Balaban J connectivity index is 1.82. The van der Waals surface area contributed by atoms with E-state index >= 15 is 0 Å². The van der Waals surface area contributed by atoms with Gasteiger partial charge in [0.15, 0.2) is 5.69 Å². The van der Waals surface area contributed by atoms with Crippen LogP contribution in [0.4, 0.5) is 18.9 Å². The number of rotatable bonds is 6. The molecule has 1 N–H and O–H groups in total. The van der Waals surface area contributed by atoms with Crippen molar-refractivity contribution in [1.82, 2.24) is 14.7 Å². The number of alkyl halides is 3. The van der Waals surface area contributed by atoms with Gasteiger partial charge in [-0.15, -0.1) is 0 Å². The van der Waals surface area contributed by atoms with Crippen LogP contribution in [0.3, 0.4) is 0 Å². The van der Waals surface area contributed by atoms with Crippen LogP contribution in [0.25, 0.3) is 5.69 Å². The van der Waals surface area contributed by atoms with Crippen LogP contribution in [0, 0.1) is 5.92 Å². The van der Waals surface area contributed by atoms with Crippen LogP contribution in [0.5, 0.6) is 0 Å². The Morgan fingerprint density at radius 2 is 2.03 bits per heavy atom. The summed E-state index contributed by atoms with van der Waals surface area (Å²) in [6.45, 7) is 5.24. The minimum atomic E-state index is -4.87. The number of carbonyl (C=O) groups is 3. The molecule has 2 heterocycles. The third kappa shape index (κ3) is 4.60. The molecule has 8 nitrogen and oxygen atoms in total. The zero-order valence-electron chi connectivity index (χ0n) is 16.5. The zero-order chi connectivity index (χ0) is 22.8. The standard InChI is InChI=1S/C20H19F3N4O4/c1-3-16(28)26-10-12(11-26)18(29)25-13-6-5-7-14(8-13)27-17(20(21,22)23)15(9-24-27)19(30)31-4-2/h3,5-9,12H,1,4,10-11H2,2H3,(H,25,29). The smallest absolute Gasteiger partial charge is 0.434 e. The Labute approximate surface area is 175 Å². The third-order valence-electron chi connectivity index (χ3n) is 4.63. The fourth-order valence-electron chi connectivity index (χ4n) is 3.09. The lowest BCUT2D eigenvalue weighted by molar-refractivity contribution is -0.143. The molecule has 11 heteroatoms. The molecule has 0 atom stereocenters. The van der Waals surface area contributed by atoms with E-state index in [2.05, 4.69) is 21.7 Å². The van der Waals surface area contributed by atoms with Crippen molar-refractivity contribution in [3.63, 3.8) is 0 Å². The first-order valence-electron chi connectivity index (χ1n) is 9.30. The summed E-state index contributed by atoms with van der Waals surface area (Å²) in [5, 5.41) is 6.33. The van der Waals surface area contributed by atoms with Crippen LogP contribution < -0.4 is 5.32 Å². The van der Waals surface area contributed by atoms with E-state index in [1.165, 1.54) is 36.1 Å². The van der Waals surface area contributed by atoms with Crippen molar-refractivity contribution >= 4 is 23.5 Å². The lowest BCUT2D eigenvalue weighted by Gasteiger charge is -2.37. The first kappa shape index (κ1) is 22.1. The van der Waals surface area contributed by atoms with E-state index in [1.54, 1.807) is 0 Å². The van der Waals surface area contributed by atoms with Gasteiger partial charge < -0.3 is 15.0 Å². The largest absolute Gasteiger partial charge is 0.462 e. The average Bonchev–Trinajstić information content (AvgIpc) is 3.13. The van der Waals surface area contributed by atoms with Gasteiger partial charge in [-0.1, -0.05) is 12.6 Å². The number of ether oxygens (including phenoxy) is 1. The molecule has 1 saturated heterocycles. The summed E-state index contributed by atoms with van der Waals surface area (Å²) in [6, 6.07) is 5.63. The minimum Gasteiger partial charge on any atom is -0.462 e. The maximum Gasteiger partial charge on any atom is 0.434 e. The number of hydrogen-bond acceptors (Lipinski definition) is 5. The van der Waals surface area contributed by atoms with Gasteiger partial charge in [0.25, 0.3) is 0 Å². The second kappa shape index (κ2) is 8.62. The Morgan fingerprint density at radius 1 is 1.32 bits per heavy atom. The highest BCUT2D eigenvalue weighted by Gasteiger charge is 2.41. The molecule has 2 aromatic rings. The molecule has 2 amide bonds. The number of halogens is 3. The van der Waals surface area contributed by atoms with E-state index in [4.69, 9.17) is 0 Å². The highest BCUT2D eigenvalue weighted by Crippen LogP contribution is 2.34. The van der Waals surface area contributed by atoms with Crippen LogP contribution in [0.2, 0.25) is 0 Å². The number of amides is 2. The summed E-state index contributed by atoms with van der Waals surface area (Å²) < 4.78 is 46.2. The lowest BCUT2D eigenvalue weighted by atomic mass is 9.99. The average molecular weight is 436 g/mol. The first-order valence-corrected chi connectivity index (χ1v) is 9.30. The molecule has 3 rings (SSSR count). The summed E-state index contributed by atoms with van der Waals surface area (Å²) >= 11 is 0. The molecule has 0 radical (unpaired) electrons. The molecule has 1 aliphatic rings. The number of esters is 1. The van der Waals surface area contributed by atoms with E-state index in [1.807, 2.05) is 0 Å². The number of nitrogens with one attached hydrogen (secondary N) is 1. The van der Waals surface area contributed by atoms with Gasteiger partial charge >= 0.3 is 12.1 Å². The topological polar surface area (TPSA) is 93.5 Å². The van der Waals surface area contributed by atoms with Gasteiger partial charge in [0.05, 0.1) is 24.4 Å². The van der Waals surface area contributed by atoms with E-state index in [-0.39, 0.29) is 42.9 Å². The summed E-state index contributed by atoms with van der Waals surface area (Å²) in [6.07, 6.45) is -2.92. The predicted octanol–water partition coefficient (Wildman–Crippen LogP) is 2.65. The molecule has 0 saturated carbocycles. The van der Waals surface area contributed by atoms with E-state index in [9.17, 15) is 27.6 Å². The summed E-state index contributed by atoms with van der Waals surface area (Å²) in [4.78, 5) is 37.2. The Bertz CT molecular complexity index is 1030. The van der Waals surface area contributed by atoms with Gasteiger partial charge in [-0.05, 0) is 31.2 Å². The van der Waals surface area contributed by atoms with Crippen LogP contribution in [0.15, 0.2) is 43.1 Å². The highest BCUT2D eigenvalue weighted by molar-refractivity contribution is 5.96. The Hall–Kier alpha value is -3.63. The lowest BCUT2D eigenvalue weighted by Crippen LogP contribution is -2.53. The van der Waals surface area contributed by atoms with Gasteiger partial charge in [-0.2, -0.15) is 18.3 Å². The number of hydrogen-bond donors (Lipinski definition) is 1. The summed E-state index contributed by atoms with van der Waals surface area (Å²) in [5.74, 6) is -2.21. The van der Waals surface area contributed by atoms with Crippen LogP contribution in [0.1, 0.15) is 23.0 Å². The monoisotopic (exact) mass is 436 g/mol. The number of nitrogens with zero attached hydrogens (tertiary/aromatic N) is 3. The van der Waals surface area contributed by atoms with E-state index in [0.29, 0.717) is 4.68 Å². The number of benzene rings is 1. The van der Waals surface area contributed by atoms with Gasteiger partial charge in [-0.3, -0.25) is 9.59 Å². The van der Waals surface area contributed by atoms with Crippen molar-refractivity contribution in [3.05, 3.63) is 54.4 Å². The minimum absolute atomic E-state index is 0.00209. The molecule has 0 unspecified atom stereocenters. The molecule has 0 aliphatic carbocycles. The Kier molecular flexibility index (Phi) is 6.14. The fraction of sp³-hybridized carbons (Fsp3) is 0.300. The van der Waals surface area contributed by atoms with Crippen LogP contribution >= 0.6 is 0 Å². The fourth-order valence-corrected chi connectivity index (χ4v) is 3.09. The molecule has 0 spiro atoms. The number of aromatic nitrogens is 2. The highest BCUT2D eigenvalue weighted by atomic mass is 19.4. The van der Waals surface area contributed by atoms with Gasteiger partial charge in [0, 0.05) is 18.8 Å². The van der Waals surface area contributed by atoms with Crippen LogP contribution in [-0.4, -0.2) is 52.2 Å². The van der Waals surface area contributed by atoms with E-state index < -0.39 is 29.3 Å². The predicted molar refractivity (Wildman–Crippen MR) is 103 cm³/mol. The molecular weight excluding hydrogens is 417 g/mol. The molecule has 1 aromatic heterocycles. The van der Waals surface area contributed by atoms with Crippen molar-refractivity contribution in [1.29, 1.82) is 0 Å². The summed E-state index contributed by atoms with van der Waals surface area (Å²) in [7, 11) is 0. The first-order chi connectivity index (χ1) is 14.7. The van der Waals surface area contributed by atoms with E-state index in [0.717, 1.165) is 12.3 Å². The van der Waals surface area contributed by atoms with Crippen molar-refractivity contribution < 1.29 is 32.3 Å². The maximum absolute atomic E-state index is 13.7. The third-order valence-corrected chi connectivity index (χ3v) is 4.63. The Morgan fingerprint density at radius 3 is 2.65 bits per heavy atom. The summed E-state index contributed by atoms with van der Waals surface area (Å²) in [5.41, 5.74) is -1.73. The SMILES string of the molecule is C=CC(=O)N1CC(C(=O)Nc2cccc(-n3ncc(C(=O)OCC)c3C(F)(F)F)c2)C1.